The summed E-state index contributed by atoms with van der Waals surface area (Å²) in [5.41, 5.74) is 6.71. The fourth-order valence-electron chi connectivity index (χ4n) is 2.26. The maximum Gasteiger partial charge on any atom is 0.220 e. The zero-order valence-corrected chi connectivity index (χ0v) is 12.1. The van der Waals surface area contributed by atoms with Crippen LogP contribution in [0.4, 0.5) is 0 Å². The Kier molecular flexibility index (Phi) is 7.19. The van der Waals surface area contributed by atoms with Crippen LogP contribution < -0.4 is 11.1 Å². The second-order valence-electron chi connectivity index (χ2n) is 5.09. The molecule has 0 aromatic heterocycles. The molecule has 0 aliphatic rings. The zero-order chi connectivity index (χ0) is 14.1. The lowest BCUT2D eigenvalue weighted by Crippen LogP contribution is -2.27. The van der Waals surface area contributed by atoms with Gasteiger partial charge >= 0.3 is 0 Å². The van der Waals surface area contributed by atoms with Gasteiger partial charge in [-0.25, -0.2) is 0 Å². The normalized spacial score (nSPS) is 13.8. The number of nitrogens with one attached hydrogen (secondary N) is 1. The first-order chi connectivity index (χ1) is 9.17. The fraction of sp³-hybridized carbons (Fsp3) is 0.562. The Hall–Kier alpha value is -1.35. The number of hydrogen-bond donors (Lipinski definition) is 2. The monoisotopic (exact) mass is 262 g/mol. The first-order valence-corrected chi connectivity index (χ1v) is 7.21. The maximum absolute atomic E-state index is 11.9. The molecule has 0 aliphatic carbocycles. The van der Waals surface area contributed by atoms with Gasteiger partial charge in [-0.1, -0.05) is 43.7 Å². The lowest BCUT2D eigenvalue weighted by atomic mass is 9.96. The molecule has 1 aromatic carbocycles. The summed E-state index contributed by atoms with van der Waals surface area (Å²) in [6.45, 7) is 4.88. The van der Waals surface area contributed by atoms with E-state index in [9.17, 15) is 4.79 Å². The van der Waals surface area contributed by atoms with Gasteiger partial charge in [-0.2, -0.15) is 0 Å². The Bertz CT molecular complexity index is 364. The molecule has 0 aliphatic heterocycles. The highest BCUT2D eigenvalue weighted by Crippen LogP contribution is 2.16. The van der Waals surface area contributed by atoms with Crippen LogP contribution in [0.3, 0.4) is 0 Å². The van der Waals surface area contributed by atoms with Gasteiger partial charge in [-0.05, 0) is 37.8 Å². The highest BCUT2D eigenvalue weighted by molar-refractivity contribution is 5.76. The average Bonchev–Trinajstić information content (AvgIpc) is 2.44. The first-order valence-electron chi connectivity index (χ1n) is 7.21. The van der Waals surface area contributed by atoms with E-state index < -0.39 is 0 Å². The topological polar surface area (TPSA) is 55.1 Å². The van der Waals surface area contributed by atoms with Crippen LogP contribution in [0.15, 0.2) is 30.3 Å². The van der Waals surface area contributed by atoms with Crippen LogP contribution in [0.25, 0.3) is 0 Å². The van der Waals surface area contributed by atoms with Gasteiger partial charge in [0.1, 0.15) is 0 Å². The van der Waals surface area contributed by atoms with Crippen LogP contribution >= 0.6 is 0 Å². The molecule has 1 aromatic rings. The molecular formula is C16H26N2O. The quantitative estimate of drug-likeness (QED) is 0.756. The van der Waals surface area contributed by atoms with E-state index in [2.05, 4.69) is 12.2 Å². The van der Waals surface area contributed by atoms with Crippen molar-refractivity contribution in [3.8, 4) is 0 Å². The summed E-state index contributed by atoms with van der Waals surface area (Å²) in [6.07, 6.45) is 3.63. The largest absolute Gasteiger partial charge is 0.350 e. The van der Waals surface area contributed by atoms with Crippen molar-refractivity contribution in [3.63, 3.8) is 0 Å². The van der Waals surface area contributed by atoms with E-state index in [4.69, 9.17) is 5.73 Å². The number of benzene rings is 1. The minimum atomic E-state index is 0.0725. The van der Waals surface area contributed by atoms with Crippen LogP contribution in [-0.2, 0) is 4.79 Å². The minimum Gasteiger partial charge on any atom is -0.350 e. The van der Waals surface area contributed by atoms with Crippen molar-refractivity contribution < 1.29 is 4.79 Å². The Morgan fingerprint density at radius 3 is 2.53 bits per heavy atom. The number of carbonyl (C=O) groups excluding carboxylic acids is 1. The number of hydrogen-bond acceptors (Lipinski definition) is 2. The molecule has 1 amide bonds. The molecule has 0 bridgehead atoms. The molecule has 0 saturated heterocycles. The van der Waals surface area contributed by atoms with Crippen molar-refractivity contribution in [2.45, 2.75) is 45.6 Å². The third-order valence-electron chi connectivity index (χ3n) is 3.61. The molecule has 2 atom stereocenters. The Morgan fingerprint density at radius 1 is 1.26 bits per heavy atom. The number of nitrogens with two attached hydrogens (primary N) is 1. The number of carbonyl (C=O) groups is 1. The van der Waals surface area contributed by atoms with Crippen molar-refractivity contribution in [3.05, 3.63) is 35.9 Å². The lowest BCUT2D eigenvalue weighted by molar-refractivity contribution is -0.122. The molecule has 0 spiro atoms. The molecule has 0 heterocycles. The van der Waals surface area contributed by atoms with E-state index in [-0.39, 0.29) is 11.9 Å². The second-order valence-corrected chi connectivity index (χ2v) is 5.09. The standard InChI is InChI=1S/C16H26N2O/c1-3-14(11-12-17)9-10-16(19)18-13(2)15-7-5-4-6-8-15/h4-8,13-14H,3,9-12,17H2,1-2H3,(H,18,19)/t13-,14?/m0/s1. The highest BCUT2D eigenvalue weighted by atomic mass is 16.1. The first kappa shape index (κ1) is 15.7. The predicted molar refractivity (Wildman–Crippen MR) is 79.7 cm³/mol. The summed E-state index contributed by atoms with van der Waals surface area (Å²) < 4.78 is 0. The molecule has 1 rings (SSSR count). The van der Waals surface area contributed by atoms with Crippen LogP contribution in [0.2, 0.25) is 0 Å². The molecule has 0 saturated carbocycles. The summed E-state index contributed by atoms with van der Waals surface area (Å²) in [5, 5.41) is 3.05. The Labute approximate surface area is 116 Å². The van der Waals surface area contributed by atoms with Gasteiger partial charge in [0.05, 0.1) is 6.04 Å². The van der Waals surface area contributed by atoms with Gasteiger partial charge in [-0.15, -0.1) is 0 Å². The van der Waals surface area contributed by atoms with Crippen LogP contribution in [0.5, 0.6) is 0 Å². The molecule has 3 heteroatoms. The van der Waals surface area contributed by atoms with Gasteiger partial charge in [0, 0.05) is 6.42 Å². The Morgan fingerprint density at radius 2 is 1.95 bits per heavy atom. The van der Waals surface area contributed by atoms with Crippen molar-refractivity contribution in [2.75, 3.05) is 6.54 Å². The average molecular weight is 262 g/mol. The summed E-state index contributed by atoms with van der Waals surface area (Å²) in [7, 11) is 0. The third kappa shape index (κ3) is 5.88. The molecule has 0 radical (unpaired) electrons. The smallest absolute Gasteiger partial charge is 0.220 e. The van der Waals surface area contributed by atoms with Crippen LogP contribution in [0.1, 0.15) is 51.1 Å². The van der Waals surface area contributed by atoms with E-state index in [1.54, 1.807) is 0 Å². The number of amides is 1. The van der Waals surface area contributed by atoms with Gasteiger partial charge in [0.15, 0.2) is 0 Å². The van der Waals surface area contributed by atoms with Gasteiger partial charge < -0.3 is 11.1 Å². The summed E-state index contributed by atoms with van der Waals surface area (Å²) >= 11 is 0. The molecule has 3 N–H and O–H groups in total. The summed E-state index contributed by atoms with van der Waals surface area (Å²) in [6, 6.07) is 10.1. The van der Waals surface area contributed by atoms with Gasteiger partial charge in [0.2, 0.25) is 5.91 Å². The van der Waals surface area contributed by atoms with E-state index in [0.717, 1.165) is 24.8 Å². The zero-order valence-electron chi connectivity index (χ0n) is 12.1. The van der Waals surface area contributed by atoms with Gasteiger partial charge in [-0.3, -0.25) is 4.79 Å². The van der Waals surface area contributed by atoms with Crippen molar-refractivity contribution in [2.24, 2.45) is 11.7 Å². The van der Waals surface area contributed by atoms with Crippen molar-refractivity contribution in [1.82, 2.24) is 5.32 Å². The van der Waals surface area contributed by atoms with E-state index in [1.807, 2.05) is 37.3 Å². The van der Waals surface area contributed by atoms with E-state index >= 15 is 0 Å². The number of rotatable bonds is 8. The SMILES string of the molecule is CCC(CCN)CCC(=O)N[C@@H](C)c1ccccc1. The summed E-state index contributed by atoms with van der Waals surface area (Å²) in [4.78, 5) is 11.9. The van der Waals surface area contributed by atoms with Gasteiger partial charge in [0.25, 0.3) is 0 Å². The summed E-state index contributed by atoms with van der Waals surface area (Å²) in [5.74, 6) is 0.703. The van der Waals surface area contributed by atoms with Crippen molar-refractivity contribution in [1.29, 1.82) is 0 Å². The van der Waals surface area contributed by atoms with E-state index in [1.165, 1.54) is 0 Å². The maximum atomic E-state index is 11.9. The molecule has 19 heavy (non-hydrogen) atoms. The highest BCUT2D eigenvalue weighted by Gasteiger charge is 2.11. The van der Waals surface area contributed by atoms with Crippen molar-refractivity contribution >= 4 is 5.91 Å². The minimum absolute atomic E-state index is 0.0725. The van der Waals surface area contributed by atoms with Crippen LogP contribution in [0, 0.1) is 5.92 Å². The Balaban J connectivity index is 2.35. The molecule has 3 nitrogen and oxygen atoms in total. The third-order valence-corrected chi connectivity index (χ3v) is 3.61. The molecule has 0 fully saturated rings. The second kappa shape index (κ2) is 8.70. The lowest BCUT2D eigenvalue weighted by Gasteiger charge is -2.16. The predicted octanol–water partition coefficient (Wildman–Crippen LogP) is 3.02. The molecule has 106 valence electrons. The fourth-order valence-corrected chi connectivity index (χ4v) is 2.26. The molecule has 1 unspecified atom stereocenters. The molecular weight excluding hydrogens is 236 g/mol. The van der Waals surface area contributed by atoms with Crippen LogP contribution in [-0.4, -0.2) is 12.5 Å². The van der Waals surface area contributed by atoms with E-state index in [0.29, 0.717) is 18.9 Å².